The summed E-state index contributed by atoms with van der Waals surface area (Å²) in [6.45, 7) is 0.626. The number of likely N-dealkylation sites (tertiary alicyclic amines) is 1. The first kappa shape index (κ1) is 16.5. The third-order valence-electron chi connectivity index (χ3n) is 4.18. The van der Waals surface area contributed by atoms with Gasteiger partial charge >= 0.3 is 6.18 Å². The van der Waals surface area contributed by atoms with E-state index in [-0.39, 0.29) is 5.92 Å². The van der Waals surface area contributed by atoms with Gasteiger partial charge in [0, 0.05) is 24.2 Å². The van der Waals surface area contributed by atoms with Crippen LogP contribution in [0.3, 0.4) is 0 Å². The Hall–Kier alpha value is -2.33. The van der Waals surface area contributed by atoms with Gasteiger partial charge < -0.3 is 5.32 Å². The highest BCUT2D eigenvalue weighted by Gasteiger charge is 2.34. The molecule has 1 saturated heterocycles. The Kier molecular flexibility index (Phi) is 4.58. The maximum Gasteiger partial charge on any atom is 0.401 e. The lowest BCUT2D eigenvalue weighted by molar-refractivity contribution is -0.143. The van der Waals surface area contributed by atoms with E-state index in [9.17, 15) is 13.2 Å². The molecule has 1 fully saturated rings. The molecule has 0 amide bonds. The van der Waals surface area contributed by atoms with E-state index in [0.29, 0.717) is 25.3 Å². The molecule has 1 aliphatic heterocycles. The van der Waals surface area contributed by atoms with Crippen molar-refractivity contribution in [3.8, 4) is 6.07 Å². The third-order valence-corrected chi connectivity index (χ3v) is 4.18. The molecule has 1 aromatic carbocycles. The van der Waals surface area contributed by atoms with E-state index >= 15 is 0 Å². The molecule has 0 bridgehead atoms. The number of nitrogens with one attached hydrogen (secondary N) is 1. The van der Waals surface area contributed by atoms with Gasteiger partial charge in [0.25, 0.3) is 0 Å². The summed E-state index contributed by atoms with van der Waals surface area (Å²) in [6, 6.07) is 11.2. The van der Waals surface area contributed by atoms with Crippen LogP contribution in [0.15, 0.2) is 30.3 Å². The molecule has 1 aromatic heterocycles. The average molecular weight is 334 g/mol. The van der Waals surface area contributed by atoms with Crippen LogP contribution in [0.4, 0.5) is 18.9 Å². The molecule has 4 nitrogen and oxygen atoms in total. The fourth-order valence-electron chi connectivity index (χ4n) is 3.11. The third kappa shape index (κ3) is 3.95. The Bertz CT molecular complexity index is 767. The van der Waals surface area contributed by atoms with Crippen molar-refractivity contribution in [1.29, 1.82) is 5.26 Å². The van der Waals surface area contributed by atoms with Crippen molar-refractivity contribution in [3.63, 3.8) is 0 Å². The molecule has 2 heterocycles. The second-order valence-corrected chi connectivity index (χ2v) is 6.07. The number of para-hydroxylation sites is 1. The lowest BCUT2D eigenvalue weighted by atomic mass is 10.1. The minimum Gasteiger partial charge on any atom is -0.384 e. The standard InChI is InChI=1S/C17H17F3N4/c18-17(19,20)11-24-6-5-12(10-24)9-22-16-7-13(8-21)23-15-4-2-1-3-14(15)16/h1-4,7,12H,5-6,9-11H2,(H,22,23). The van der Waals surface area contributed by atoms with Crippen molar-refractivity contribution in [2.45, 2.75) is 12.6 Å². The van der Waals surface area contributed by atoms with E-state index in [2.05, 4.69) is 10.3 Å². The number of rotatable bonds is 4. The molecule has 3 rings (SSSR count). The van der Waals surface area contributed by atoms with Crippen LogP contribution in [-0.2, 0) is 0 Å². The molecule has 0 radical (unpaired) electrons. The smallest absolute Gasteiger partial charge is 0.384 e. The molecule has 1 unspecified atom stereocenters. The molecule has 0 spiro atoms. The lowest BCUT2D eigenvalue weighted by Crippen LogP contribution is -2.33. The highest BCUT2D eigenvalue weighted by atomic mass is 19.4. The van der Waals surface area contributed by atoms with E-state index in [1.165, 1.54) is 4.90 Å². The van der Waals surface area contributed by atoms with Crippen molar-refractivity contribution in [2.24, 2.45) is 5.92 Å². The minimum absolute atomic E-state index is 0.157. The molecule has 7 heteroatoms. The summed E-state index contributed by atoms with van der Waals surface area (Å²) >= 11 is 0. The number of hydrogen-bond acceptors (Lipinski definition) is 4. The number of nitriles is 1. The van der Waals surface area contributed by atoms with Gasteiger partial charge in [-0.25, -0.2) is 4.98 Å². The van der Waals surface area contributed by atoms with Crippen LogP contribution in [0.1, 0.15) is 12.1 Å². The zero-order valence-electron chi connectivity index (χ0n) is 13.0. The zero-order valence-corrected chi connectivity index (χ0v) is 13.0. The summed E-state index contributed by atoms with van der Waals surface area (Å²) < 4.78 is 37.3. The highest BCUT2D eigenvalue weighted by molar-refractivity contribution is 5.91. The van der Waals surface area contributed by atoms with Crippen LogP contribution < -0.4 is 5.32 Å². The molecule has 1 aliphatic rings. The number of benzene rings is 1. The van der Waals surface area contributed by atoms with E-state index in [1.807, 2.05) is 30.3 Å². The van der Waals surface area contributed by atoms with Crippen molar-refractivity contribution in [1.82, 2.24) is 9.88 Å². The first-order valence-electron chi connectivity index (χ1n) is 7.77. The largest absolute Gasteiger partial charge is 0.401 e. The molecular weight excluding hydrogens is 317 g/mol. The van der Waals surface area contributed by atoms with Crippen molar-refractivity contribution >= 4 is 16.6 Å². The van der Waals surface area contributed by atoms with Crippen LogP contribution in [0.5, 0.6) is 0 Å². The second-order valence-electron chi connectivity index (χ2n) is 6.07. The Morgan fingerprint density at radius 3 is 2.88 bits per heavy atom. The van der Waals surface area contributed by atoms with Crippen LogP contribution >= 0.6 is 0 Å². The summed E-state index contributed by atoms with van der Waals surface area (Å²) in [4.78, 5) is 5.69. The molecule has 2 aromatic rings. The highest BCUT2D eigenvalue weighted by Crippen LogP contribution is 2.26. The molecule has 0 aliphatic carbocycles. The van der Waals surface area contributed by atoms with Gasteiger partial charge in [0.1, 0.15) is 11.8 Å². The summed E-state index contributed by atoms with van der Waals surface area (Å²) in [5, 5.41) is 13.3. The molecule has 1 atom stereocenters. The first-order valence-corrected chi connectivity index (χ1v) is 7.77. The van der Waals surface area contributed by atoms with Gasteiger partial charge in [-0.15, -0.1) is 0 Å². The van der Waals surface area contributed by atoms with Gasteiger partial charge in [-0.1, -0.05) is 18.2 Å². The number of fused-ring (bicyclic) bond motifs is 1. The maximum absolute atomic E-state index is 12.4. The second kappa shape index (κ2) is 6.65. The topological polar surface area (TPSA) is 52.0 Å². The molecule has 24 heavy (non-hydrogen) atoms. The van der Waals surface area contributed by atoms with Crippen molar-refractivity contribution < 1.29 is 13.2 Å². The predicted octanol–water partition coefficient (Wildman–Crippen LogP) is 3.40. The van der Waals surface area contributed by atoms with Crippen LogP contribution in [0.2, 0.25) is 0 Å². The Labute approximate surface area is 137 Å². The Morgan fingerprint density at radius 2 is 2.12 bits per heavy atom. The van der Waals surface area contributed by atoms with Crippen molar-refractivity contribution in [3.05, 3.63) is 36.0 Å². The van der Waals surface area contributed by atoms with Gasteiger partial charge in [0.15, 0.2) is 0 Å². The molecular formula is C17H17F3N4. The zero-order chi connectivity index (χ0) is 17.2. The van der Waals surface area contributed by atoms with Gasteiger partial charge in [0.05, 0.1) is 12.1 Å². The lowest BCUT2D eigenvalue weighted by Gasteiger charge is -2.18. The van der Waals surface area contributed by atoms with E-state index < -0.39 is 12.7 Å². The Balaban J connectivity index is 1.67. The summed E-state index contributed by atoms with van der Waals surface area (Å²) in [5.74, 6) is 0.157. The molecule has 0 saturated carbocycles. The fourth-order valence-corrected chi connectivity index (χ4v) is 3.11. The van der Waals surface area contributed by atoms with Crippen LogP contribution in [0.25, 0.3) is 10.9 Å². The number of hydrogen-bond donors (Lipinski definition) is 1. The minimum atomic E-state index is -4.15. The number of alkyl halides is 3. The van der Waals surface area contributed by atoms with Crippen LogP contribution in [-0.4, -0.2) is 42.2 Å². The number of halogens is 3. The summed E-state index contributed by atoms with van der Waals surface area (Å²) in [7, 11) is 0. The quantitative estimate of drug-likeness (QED) is 0.931. The van der Waals surface area contributed by atoms with Gasteiger partial charge in [-0.05, 0) is 31.0 Å². The van der Waals surface area contributed by atoms with Gasteiger partial charge in [-0.2, -0.15) is 18.4 Å². The fraction of sp³-hybridized carbons (Fsp3) is 0.412. The number of anilines is 1. The van der Waals surface area contributed by atoms with E-state index in [0.717, 1.165) is 23.0 Å². The molecule has 126 valence electrons. The number of aromatic nitrogens is 1. The van der Waals surface area contributed by atoms with Crippen LogP contribution in [0, 0.1) is 17.2 Å². The van der Waals surface area contributed by atoms with E-state index in [1.54, 1.807) is 6.07 Å². The van der Waals surface area contributed by atoms with E-state index in [4.69, 9.17) is 5.26 Å². The number of pyridine rings is 1. The Morgan fingerprint density at radius 1 is 1.33 bits per heavy atom. The number of nitrogens with zero attached hydrogens (tertiary/aromatic N) is 3. The summed E-state index contributed by atoms with van der Waals surface area (Å²) in [5.41, 5.74) is 1.84. The maximum atomic E-state index is 12.4. The molecule has 1 N–H and O–H groups in total. The monoisotopic (exact) mass is 334 g/mol. The average Bonchev–Trinajstić information content (AvgIpc) is 2.97. The first-order chi connectivity index (χ1) is 11.4. The van der Waals surface area contributed by atoms with Crippen molar-refractivity contribution in [2.75, 3.05) is 31.5 Å². The van der Waals surface area contributed by atoms with Gasteiger partial charge in [0.2, 0.25) is 0 Å². The normalized spacial score (nSPS) is 18.7. The SMILES string of the molecule is N#Cc1cc(NCC2CCN(CC(F)(F)F)C2)c2ccccc2n1. The predicted molar refractivity (Wildman–Crippen MR) is 85.5 cm³/mol. The van der Waals surface area contributed by atoms with Gasteiger partial charge in [-0.3, -0.25) is 4.90 Å². The summed E-state index contributed by atoms with van der Waals surface area (Å²) in [6.07, 6.45) is -3.41.